The first-order valence-electron chi connectivity index (χ1n) is 6.60. The van der Waals surface area contributed by atoms with Gasteiger partial charge in [-0.25, -0.2) is 0 Å². The van der Waals surface area contributed by atoms with Gasteiger partial charge in [-0.3, -0.25) is 4.68 Å². The van der Waals surface area contributed by atoms with Crippen molar-refractivity contribution in [1.29, 1.82) is 0 Å². The van der Waals surface area contributed by atoms with Crippen molar-refractivity contribution < 1.29 is 0 Å². The average molecular weight is 322 g/mol. The Balaban J connectivity index is 2.32. The fourth-order valence-corrected chi connectivity index (χ4v) is 2.96. The Kier molecular flexibility index (Phi) is 4.77. The molecule has 1 atom stereocenters. The summed E-state index contributed by atoms with van der Waals surface area (Å²) in [5.74, 6) is 0. The van der Waals surface area contributed by atoms with Crippen molar-refractivity contribution in [2.45, 2.75) is 32.9 Å². The van der Waals surface area contributed by atoms with Gasteiger partial charge in [-0.2, -0.15) is 5.10 Å². The maximum Gasteiger partial charge on any atom is 0.0605 e. The smallest absolute Gasteiger partial charge is 0.0605 e. The van der Waals surface area contributed by atoms with Crippen molar-refractivity contribution in [2.75, 3.05) is 7.05 Å². The van der Waals surface area contributed by atoms with Gasteiger partial charge in [-0.15, -0.1) is 0 Å². The van der Waals surface area contributed by atoms with E-state index < -0.39 is 0 Å². The number of halogens is 1. The Labute approximate surface area is 123 Å². The Morgan fingerprint density at radius 2 is 2.11 bits per heavy atom. The zero-order chi connectivity index (χ0) is 13.8. The maximum absolute atomic E-state index is 4.41. The van der Waals surface area contributed by atoms with Crippen molar-refractivity contribution in [3.05, 3.63) is 51.8 Å². The zero-order valence-electron chi connectivity index (χ0n) is 11.7. The minimum atomic E-state index is 0.182. The highest BCUT2D eigenvalue weighted by Gasteiger charge is 2.14. The van der Waals surface area contributed by atoms with Crippen LogP contribution in [0.15, 0.2) is 35.1 Å². The van der Waals surface area contributed by atoms with E-state index in [2.05, 4.69) is 64.6 Å². The first-order valence-corrected chi connectivity index (χ1v) is 7.40. The normalized spacial score (nSPS) is 12.6. The molecule has 0 aliphatic carbocycles. The van der Waals surface area contributed by atoms with Gasteiger partial charge in [0.25, 0.3) is 0 Å². The fraction of sp³-hybridized carbons (Fsp3) is 0.400. The predicted octanol–water partition coefficient (Wildman–Crippen LogP) is 3.67. The quantitative estimate of drug-likeness (QED) is 0.910. The molecule has 102 valence electrons. The predicted molar refractivity (Wildman–Crippen MR) is 82.3 cm³/mol. The summed E-state index contributed by atoms with van der Waals surface area (Å²) in [5, 5.41) is 7.78. The molecule has 0 bridgehead atoms. The fourth-order valence-electron chi connectivity index (χ4n) is 2.34. The van der Waals surface area contributed by atoms with E-state index in [9.17, 15) is 0 Å². The van der Waals surface area contributed by atoms with E-state index in [4.69, 9.17) is 0 Å². The summed E-state index contributed by atoms with van der Waals surface area (Å²) in [6, 6.07) is 6.67. The van der Waals surface area contributed by atoms with Crippen molar-refractivity contribution >= 4 is 15.9 Å². The van der Waals surface area contributed by atoms with Crippen molar-refractivity contribution in [2.24, 2.45) is 0 Å². The summed E-state index contributed by atoms with van der Waals surface area (Å²) >= 11 is 3.56. The van der Waals surface area contributed by atoms with Gasteiger partial charge in [-0.05, 0) is 43.7 Å². The number of benzene rings is 1. The van der Waals surface area contributed by atoms with Crippen LogP contribution in [0.3, 0.4) is 0 Å². The molecule has 1 aromatic carbocycles. The average Bonchev–Trinajstić information content (AvgIpc) is 2.78. The number of rotatable bonds is 5. The van der Waals surface area contributed by atoms with E-state index in [-0.39, 0.29) is 6.04 Å². The Morgan fingerprint density at radius 3 is 2.74 bits per heavy atom. The van der Waals surface area contributed by atoms with Gasteiger partial charge in [0.2, 0.25) is 0 Å². The highest BCUT2D eigenvalue weighted by molar-refractivity contribution is 9.10. The third-order valence-electron chi connectivity index (χ3n) is 3.13. The summed E-state index contributed by atoms with van der Waals surface area (Å²) in [6.45, 7) is 5.24. The largest absolute Gasteiger partial charge is 0.309 e. The van der Waals surface area contributed by atoms with Crippen LogP contribution in [-0.4, -0.2) is 16.8 Å². The van der Waals surface area contributed by atoms with E-state index in [1.165, 1.54) is 16.7 Å². The van der Waals surface area contributed by atoms with E-state index in [0.29, 0.717) is 0 Å². The SMILES string of the molecule is CCCn1cc(C(NC)c2cc(C)cc(Br)c2)cn1. The monoisotopic (exact) mass is 321 g/mol. The highest BCUT2D eigenvalue weighted by Crippen LogP contribution is 2.25. The van der Waals surface area contributed by atoms with Crippen LogP contribution in [0.1, 0.15) is 36.1 Å². The standard InChI is InChI=1S/C15H20BrN3/c1-4-5-19-10-13(9-18-19)15(17-3)12-6-11(2)7-14(16)8-12/h6-10,15,17H,4-5H2,1-3H3. The zero-order valence-corrected chi connectivity index (χ0v) is 13.2. The molecule has 0 aliphatic heterocycles. The molecule has 0 aliphatic rings. The number of hydrogen-bond acceptors (Lipinski definition) is 2. The third kappa shape index (κ3) is 3.45. The lowest BCUT2D eigenvalue weighted by molar-refractivity contribution is 0.600. The van der Waals surface area contributed by atoms with Crippen LogP contribution in [0.4, 0.5) is 0 Å². The van der Waals surface area contributed by atoms with Crippen LogP contribution in [0.5, 0.6) is 0 Å². The molecule has 0 amide bonds. The first-order chi connectivity index (χ1) is 9.13. The Morgan fingerprint density at radius 1 is 1.32 bits per heavy atom. The minimum absolute atomic E-state index is 0.182. The van der Waals surface area contributed by atoms with E-state index in [1.54, 1.807) is 0 Å². The van der Waals surface area contributed by atoms with Gasteiger partial charge in [-0.1, -0.05) is 28.9 Å². The highest BCUT2D eigenvalue weighted by atomic mass is 79.9. The van der Waals surface area contributed by atoms with Gasteiger partial charge in [0.1, 0.15) is 0 Å². The molecule has 0 spiro atoms. The summed E-state index contributed by atoms with van der Waals surface area (Å²) in [6.07, 6.45) is 5.18. The number of nitrogens with zero attached hydrogens (tertiary/aromatic N) is 2. The molecule has 1 aromatic heterocycles. The lowest BCUT2D eigenvalue weighted by Gasteiger charge is -2.16. The molecule has 2 rings (SSSR count). The molecule has 4 heteroatoms. The number of nitrogens with one attached hydrogen (secondary N) is 1. The van der Waals surface area contributed by atoms with Crippen molar-refractivity contribution in [3.8, 4) is 0 Å². The summed E-state index contributed by atoms with van der Waals surface area (Å²) in [4.78, 5) is 0. The third-order valence-corrected chi connectivity index (χ3v) is 3.58. The Bertz CT molecular complexity index is 528. The molecule has 1 N–H and O–H groups in total. The summed E-state index contributed by atoms with van der Waals surface area (Å²) < 4.78 is 3.12. The van der Waals surface area contributed by atoms with Crippen LogP contribution in [0.25, 0.3) is 0 Å². The van der Waals surface area contributed by atoms with E-state index >= 15 is 0 Å². The Hall–Kier alpha value is -1.13. The molecule has 0 fully saturated rings. The lowest BCUT2D eigenvalue weighted by atomic mass is 10.00. The topological polar surface area (TPSA) is 29.9 Å². The van der Waals surface area contributed by atoms with E-state index in [1.807, 2.05) is 17.9 Å². The van der Waals surface area contributed by atoms with Crippen LogP contribution in [0, 0.1) is 6.92 Å². The van der Waals surface area contributed by atoms with Gasteiger partial charge in [0.15, 0.2) is 0 Å². The molecule has 3 nitrogen and oxygen atoms in total. The van der Waals surface area contributed by atoms with Crippen LogP contribution in [0.2, 0.25) is 0 Å². The summed E-state index contributed by atoms with van der Waals surface area (Å²) in [7, 11) is 1.98. The number of aryl methyl sites for hydroxylation is 2. The molecule has 0 saturated carbocycles. The number of hydrogen-bond donors (Lipinski definition) is 1. The van der Waals surface area contributed by atoms with Gasteiger partial charge in [0.05, 0.1) is 12.2 Å². The molecule has 0 radical (unpaired) electrons. The first kappa shape index (κ1) is 14.3. The van der Waals surface area contributed by atoms with Crippen LogP contribution < -0.4 is 5.32 Å². The van der Waals surface area contributed by atoms with Crippen molar-refractivity contribution in [3.63, 3.8) is 0 Å². The molecule has 2 aromatic rings. The lowest BCUT2D eigenvalue weighted by Crippen LogP contribution is -2.17. The second kappa shape index (κ2) is 6.35. The molecule has 19 heavy (non-hydrogen) atoms. The van der Waals surface area contributed by atoms with E-state index in [0.717, 1.165) is 17.4 Å². The van der Waals surface area contributed by atoms with Crippen LogP contribution in [-0.2, 0) is 6.54 Å². The second-order valence-electron chi connectivity index (χ2n) is 4.82. The van der Waals surface area contributed by atoms with Crippen molar-refractivity contribution in [1.82, 2.24) is 15.1 Å². The second-order valence-corrected chi connectivity index (χ2v) is 5.74. The molecule has 1 heterocycles. The maximum atomic E-state index is 4.41. The molecule has 1 unspecified atom stereocenters. The minimum Gasteiger partial charge on any atom is -0.309 e. The number of aromatic nitrogens is 2. The van der Waals surface area contributed by atoms with Gasteiger partial charge < -0.3 is 5.32 Å². The van der Waals surface area contributed by atoms with Gasteiger partial charge in [0, 0.05) is 22.8 Å². The van der Waals surface area contributed by atoms with Gasteiger partial charge >= 0.3 is 0 Å². The van der Waals surface area contributed by atoms with Crippen LogP contribution >= 0.6 is 15.9 Å². The molecular formula is C15H20BrN3. The molecule has 0 saturated heterocycles. The summed E-state index contributed by atoms with van der Waals surface area (Å²) in [5.41, 5.74) is 3.71. The molecular weight excluding hydrogens is 302 g/mol.